The van der Waals surface area contributed by atoms with Crippen LogP contribution in [-0.4, -0.2) is 48.6 Å². The lowest BCUT2D eigenvalue weighted by Crippen LogP contribution is -2.43. The molecule has 1 saturated carbocycles. The lowest BCUT2D eigenvalue weighted by atomic mass is 9.91. The van der Waals surface area contributed by atoms with Crippen molar-refractivity contribution < 1.29 is 8.42 Å². The van der Waals surface area contributed by atoms with Crippen LogP contribution < -0.4 is 5.32 Å². The van der Waals surface area contributed by atoms with E-state index in [-0.39, 0.29) is 6.04 Å². The number of hydrogen-bond acceptors (Lipinski definition) is 4. The lowest BCUT2D eigenvalue weighted by molar-refractivity contribution is 0.251. The Bertz CT molecular complexity index is 554. The third-order valence-corrected chi connectivity index (χ3v) is 6.58. The summed E-state index contributed by atoms with van der Waals surface area (Å²) in [5, 5.41) is 10.2. The molecular formula is C14H26N4O2S. The Labute approximate surface area is 127 Å². The molecule has 0 spiro atoms. The summed E-state index contributed by atoms with van der Waals surface area (Å²) in [5.41, 5.74) is 1.15. The van der Waals surface area contributed by atoms with Crippen molar-refractivity contribution >= 4 is 10.0 Å². The van der Waals surface area contributed by atoms with Crippen molar-refractivity contribution in [1.82, 2.24) is 19.8 Å². The highest BCUT2D eigenvalue weighted by atomic mass is 32.2. The maximum atomic E-state index is 12.8. The van der Waals surface area contributed by atoms with E-state index in [1.165, 1.54) is 0 Å². The molecule has 0 bridgehead atoms. The van der Waals surface area contributed by atoms with Gasteiger partial charge in [0.2, 0.25) is 10.0 Å². The first kappa shape index (κ1) is 16.5. The van der Waals surface area contributed by atoms with E-state index in [1.54, 1.807) is 25.2 Å². The van der Waals surface area contributed by atoms with E-state index in [2.05, 4.69) is 22.4 Å². The topological polar surface area (TPSA) is 78.1 Å². The Kier molecular flexibility index (Phi) is 5.06. The van der Waals surface area contributed by atoms with Gasteiger partial charge in [0.1, 0.15) is 4.90 Å². The molecule has 1 aliphatic carbocycles. The van der Waals surface area contributed by atoms with Gasteiger partial charge >= 0.3 is 0 Å². The number of nitrogens with one attached hydrogen (secondary N) is 2. The average Bonchev–Trinajstić information content (AvgIpc) is 2.79. The second-order valence-corrected chi connectivity index (χ2v) is 7.78. The summed E-state index contributed by atoms with van der Waals surface area (Å²) in [6, 6.07) is 0.610. The number of rotatable bonds is 5. The average molecular weight is 314 g/mol. The molecule has 0 aliphatic heterocycles. The largest absolute Gasteiger partial charge is 0.314 e. The van der Waals surface area contributed by atoms with Crippen LogP contribution in [0.4, 0.5) is 0 Å². The summed E-state index contributed by atoms with van der Waals surface area (Å²) >= 11 is 0. The van der Waals surface area contributed by atoms with Crippen LogP contribution in [0.3, 0.4) is 0 Å². The molecule has 1 aromatic heterocycles. The molecule has 2 N–H and O–H groups in total. The summed E-state index contributed by atoms with van der Waals surface area (Å²) in [7, 11) is -1.77. The van der Waals surface area contributed by atoms with Crippen molar-refractivity contribution in [3.63, 3.8) is 0 Å². The van der Waals surface area contributed by atoms with Gasteiger partial charge in [0, 0.05) is 19.1 Å². The standard InChI is InChI=1S/C14H26N4O2S/c1-5-15-12-6-8-13(9-7-12)18(4)21(19,20)14-10(2)16-17-11(14)3/h12-13,15H,5-9H2,1-4H3,(H,16,17). The summed E-state index contributed by atoms with van der Waals surface area (Å²) < 4.78 is 27.1. The van der Waals surface area contributed by atoms with Gasteiger partial charge in [-0.25, -0.2) is 8.42 Å². The Morgan fingerprint density at radius 3 is 2.38 bits per heavy atom. The van der Waals surface area contributed by atoms with Crippen LogP contribution in [-0.2, 0) is 10.0 Å². The molecule has 1 fully saturated rings. The van der Waals surface area contributed by atoms with Crippen LogP contribution in [0.5, 0.6) is 0 Å². The predicted octanol–water partition coefficient (Wildman–Crippen LogP) is 1.57. The number of nitrogens with zero attached hydrogens (tertiary/aromatic N) is 2. The highest BCUT2D eigenvalue weighted by Crippen LogP contribution is 2.28. The van der Waals surface area contributed by atoms with Crippen molar-refractivity contribution in [3.8, 4) is 0 Å². The van der Waals surface area contributed by atoms with Crippen molar-refractivity contribution in [2.75, 3.05) is 13.6 Å². The third-order valence-electron chi connectivity index (χ3n) is 4.40. The number of aromatic nitrogens is 2. The molecule has 1 heterocycles. The fourth-order valence-corrected chi connectivity index (χ4v) is 4.94. The fraction of sp³-hybridized carbons (Fsp3) is 0.786. The Hall–Kier alpha value is -0.920. The van der Waals surface area contributed by atoms with Crippen LogP contribution in [0.2, 0.25) is 0 Å². The molecule has 6 nitrogen and oxygen atoms in total. The molecule has 21 heavy (non-hydrogen) atoms. The number of aryl methyl sites for hydroxylation is 2. The van der Waals surface area contributed by atoms with E-state index in [1.807, 2.05) is 0 Å². The predicted molar refractivity (Wildman–Crippen MR) is 82.7 cm³/mol. The Morgan fingerprint density at radius 2 is 1.90 bits per heavy atom. The van der Waals surface area contributed by atoms with Gasteiger partial charge in [0.15, 0.2) is 0 Å². The van der Waals surface area contributed by atoms with E-state index in [0.29, 0.717) is 22.3 Å². The summed E-state index contributed by atoms with van der Waals surface area (Å²) in [6.45, 7) is 6.55. The minimum atomic E-state index is -3.47. The smallest absolute Gasteiger partial charge is 0.246 e. The number of aromatic amines is 1. The highest BCUT2D eigenvalue weighted by Gasteiger charge is 2.33. The molecular weight excluding hydrogens is 288 g/mol. The van der Waals surface area contributed by atoms with Crippen molar-refractivity contribution in [3.05, 3.63) is 11.4 Å². The van der Waals surface area contributed by atoms with Gasteiger partial charge in [-0.2, -0.15) is 9.40 Å². The Morgan fingerprint density at radius 1 is 1.29 bits per heavy atom. The fourth-order valence-electron chi connectivity index (χ4n) is 3.19. The van der Waals surface area contributed by atoms with E-state index < -0.39 is 10.0 Å². The first-order valence-electron chi connectivity index (χ1n) is 7.60. The normalized spacial score (nSPS) is 23.7. The SMILES string of the molecule is CCNC1CCC(N(C)S(=O)(=O)c2c(C)n[nH]c2C)CC1. The van der Waals surface area contributed by atoms with Gasteiger partial charge in [-0.05, 0) is 46.1 Å². The molecule has 1 aromatic rings. The molecule has 0 amide bonds. The quantitative estimate of drug-likeness (QED) is 0.865. The maximum absolute atomic E-state index is 12.8. The molecule has 120 valence electrons. The zero-order chi connectivity index (χ0) is 15.6. The highest BCUT2D eigenvalue weighted by molar-refractivity contribution is 7.89. The number of sulfonamides is 1. The van der Waals surface area contributed by atoms with Crippen LogP contribution in [0.1, 0.15) is 44.0 Å². The van der Waals surface area contributed by atoms with E-state index in [4.69, 9.17) is 0 Å². The summed E-state index contributed by atoms with van der Waals surface area (Å²) in [5.74, 6) is 0. The Balaban J connectivity index is 2.12. The molecule has 7 heteroatoms. The van der Waals surface area contributed by atoms with Crippen molar-refractivity contribution in [2.45, 2.75) is 63.4 Å². The lowest BCUT2D eigenvalue weighted by Gasteiger charge is -2.34. The number of hydrogen-bond donors (Lipinski definition) is 2. The van der Waals surface area contributed by atoms with Crippen molar-refractivity contribution in [2.24, 2.45) is 0 Å². The number of H-pyrrole nitrogens is 1. The minimum absolute atomic E-state index is 0.0820. The first-order valence-corrected chi connectivity index (χ1v) is 9.05. The van der Waals surface area contributed by atoms with E-state index in [9.17, 15) is 8.42 Å². The van der Waals surface area contributed by atoms with Gasteiger partial charge in [-0.15, -0.1) is 0 Å². The minimum Gasteiger partial charge on any atom is -0.314 e. The van der Waals surface area contributed by atoms with Gasteiger partial charge in [-0.1, -0.05) is 6.92 Å². The van der Waals surface area contributed by atoms with Gasteiger partial charge in [-0.3, -0.25) is 5.10 Å². The third kappa shape index (κ3) is 3.30. The van der Waals surface area contributed by atoms with Crippen molar-refractivity contribution in [1.29, 1.82) is 0 Å². The summed E-state index contributed by atoms with van der Waals surface area (Å²) in [4.78, 5) is 0.332. The van der Waals surface area contributed by atoms with Crippen LogP contribution in [0.25, 0.3) is 0 Å². The molecule has 2 rings (SSSR count). The summed E-state index contributed by atoms with van der Waals surface area (Å²) in [6.07, 6.45) is 3.87. The van der Waals surface area contributed by atoms with Gasteiger partial charge in [0.05, 0.1) is 11.4 Å². The van der Waals surface area contributed by atoms with Crippen LogP contribution in [0.15, 0.2) is 4.90 Å². The van der Waals surface area contributed by atoms with Crippen LogP contribution >= 0.6 is 0 Å². The van der Waals surface area contributed by atoms with Crippen LogP contribution in [0, 0.1) is 13.8 Å². The van der Waals surface area contributed by atoms with Gasteiger partial charge < -0.3 is 5.32 Å². The molecule has 0 atom stereocenters. The molecule has 0 saturated heterocycles. The maximum Gasteiger partial charge on any atom is 0.246 e. The van der Waals surface area contributed by atoms with E-state index >= 15 is 0 Å². The monoisotopic (exact) mass is 314 g/mol. The molecule has 1 aliphatic rings. The zero-order valence-electron chi connectivity index (χ0n) is 13.3. The molecule has 0 aromatic carbocycles. The second-order valence-electron chi connectivity index (χ2n) is 5.85. The molecule has 0 unspecified atom stereocenters. The first-order chi connectivity index (χ1) is 9.87. The zero-order valence-corrected chi connectivity index (χ0v) is 14.1. The molecule has 0 radical (unpaired) electrons. The second kappa shape index (κ2) is 6.46. The van der Waals surface area contributed by atoms with Gasteiger partial charge in [0.25, 0.3) is 0 Å². The van der Waals surface area contributed by atoms with E-state index in [0.717, 1.165) is 32.2 Å².